The van der Waals surface area contributed by atoms with Crippen LogP contribution >= 0.6 is 0 Å². The van der Waals surface area contributed by atoms with Gasteiger partial charge < -0.3 is 19.3 Å². The van der Waals surface area contributed by atoms with E-state index < -0.39 is 5.97 Å². The molecule has 0 heterocycles. The van der Waals surface area contributed by atoms with Crippen molar-refractivity contribution in [2.45, 2.75) is 6.92 Å². The Bertz CT molecular complexity index is 105. The lowest BCUT2D eigenvalue weighted by Crippen LogP contribution is -2.13. The van der Waals surface area contributed by atoms with E-state index in [0.717, 1.165) is 0 Å². The van der Waals surface area contributed by atoms with E-state index in [2.05, 4.69) is 14.2 Å². The van der Waals surface area contributed by atoms with Crippen LogP contribution < -0.4 is 0 Å². The third-order valence-electron chi connectivity index (χ3n) is 0.761. The fraction of sp³-hybridized carbons (Fsp3) is 0.875. The maximum atomic E-state index is 10.5. The molecule has 0 aromatic carbocycles. The Hall–Kier alpha value is -0.650. The second kappa shape index (κ2) is 13.9. The quantitative estimate of drug-likeness (QED) is 0.486. The molecule has 5 heteroatoms. The number of ether oxygens (including phenoxy) is 3. The molecule has 0 unspecified atom stereocenters. The van der Waals surface area contributed by atoms with Gasteiger partial charge in [-0.05, 0) is 6.92 Å². The van der Waals surface area contributed by atoms with Gasteiger partial charge >= 0.3 is 5.97 Å². The molecule has 0 atom stereocenters. The average molecular weight is 194 g/mol. The van der Waals surface area contributed by atoms with E-state index in [0.29, 0.717) is 6.61 Å². The van der Waals surface area contributed by atoms with Crippen molar-refractivity contribution in [1.82, 2.24) is 0 Å². The molecule has 0 rings (SSSR count). The molecule has 0 saturated carbocycles. The first-order chi connectivity index (χ1) is 6.22. The van der Waals surface area contributed by atoms with Gasteiger partial charge in [0.15, 0.2) is 0 Å². The Balaban J connectivity index is 0. The Morgan fingerprint density at radius 2 is 1.92 bits per heavy atom. The third kappa shape index (κ3) is 18.4. The molecular formula is C8H18O5. The number of hydrogen-bond acceptors (Lipinski definition) is 5. The van der Waals surface area contributed by atoms with Crippen LogP contribution in [0, 0.1) is 0 Å². The van der Waals surface area contributed by atoms with Gasteiger partial charge in [-0.2, -0.15) is 0 Å². The number of aliphatic hydroxyl groups is 1. The molecule has 5 nitrogen and oxygen atoms in total. The molecule has 0 aromatic heterocycles. The van der Waals surface area contributed by atoms with Gasteiger partial charge in [0.2, 0.25) is 0 Å². The monoisotopic (exact) mass is 194 g/mol. The predicted octanol–water partition coefficient (Wildman–Crippen LogP) is -0.179. The number of carbonyl (C=O) groups is 1. The summed E-state index contributed by atoms with van der Waals surface area (Å²) in [6.45, 7) is 2.12. The Labute approximate surface area is 78.6 Å². The maximum absolute atomic E-state index is 10.5. The molecule has 13 heavy (non-hydrogen) atoms. The average Bonchev–Trinajstić information content (AvgIpc) is 2.07. The number of rotatable bonds is 5. The summed E-state index contributed by atoms with van der Waals surface area (Å²) in [5.41, 5.74) is 0. The molecule has 0 radical (unpaired) electrons. The van der Waals surface area contributed by atoms with Crippen LogP contribution in [0.25, 0.3) is 0 Å². The van der Waals surface area contributed by atoms with Crippen LogP contribution in [0.2, 0.25) is 0 Å². The number of methoxy groups -OCH3 is 1. The van der Waals surface area contributed by atoms with Crippen molar-refractivity contribution in [2.24, 2.45) is 0 Å². The first-order valence-corrected chi connectivity index (χ1v) is 3.97. The molecule has 0 amide bonds. The summed E-state index contributed by atoms with van der Waals surface area (Å²) in [7, 11) is 3.25. The van der Waals surface area contributed by atoms with Crippen LogP contribution in [0.15, 0.2) is 0 Å². The first-order valence-electron chi connectivity index (χ1n) is 3.97. The zero-order chi connectivity index (χ0) is 10.5. The summed E-state index contributed by atoms with van der Waals surface area (Å²) in [6, 6.07) is 0. The first kappa shape index (κ1) is 14.9. The fourth-order valence-electron chi connectivity index (χ4n) is 0.423. The number of esters is 1. The van der Waals surface area contributed by atoms with Gasteiger partial charge in [-0.1, -0.05) is 0 Å². The zero-order valence-electron chi connectivity index (χ0n) is 8.41. The highest BCUT2D eigenvalue weighted by Crippen LogP contribution is 1.79. The number of hydrogen-bond donors (Lipinski definition) is 1. The topological polar surface area (TPSA) is 65.0 Å². The Morgan fingerprint density at radius 1 is 1.38 bits per heavy atom. The smallest absolute Gasteiger partial charge is 0.332 e. The van der Waals surface area contributed by atoms with Crippen molar-refractivity contribution in [1.29, 1.82) is 0 Å². The summed E-state index contributed by atoms with van der Waals surface area (Å²) in [5, 5.41) is 8.23. The van der Waals surface area contributed by atoms with E-state index in [9.17, 15) is 4.79 Å². The molecule has 0 aliphatic rings. The van der Waals surface area contributed by atoms with Crippen molar-refractivity contribution in [3.63, 3.8) is 0 Å². The lowest BCUT2D eigenvalue weighted by Gasteiger charge is -2.00. The van der Waals surface area contributed by atoms with Crippen LogP contribution in [0.5, 0.6) is 0 Å². The van der Waals surface area contributed by atoms with E-state index in [4.69, 9.17) is 5.11 Å². The van der Waals surface area contributed by atoms with E-state index in [1.165, 1.54) is 0 Å². The normalized spacial score (nSPS) is 8.62. The van der Waals surface area contributed by atoms with Gasteiger partial charge in [0, 0.05) is 14.2 Å². The lowest BCUT2D eigenvalue weighted by molar-refractivity contribution is -0.148. The van der Waals surface area contributed by atoms with Crippen molar-refractivity contribution in [3.05, 3.63) is 0 Å². The summed E-state index contributed by atoms with van der Waals surface area (Å²) in [6.07, 6.45) is 0. The number of aliphatic hydroxyl groups excluding tert-OH is 1. The van der Waals surface area contributed by atoms with Gasteiger partial charge in [-0.15, -0.1) is 0 Å². The highest BCUT2D eigenvalue weighted by Gasteiger charge is 1.98. The minimum atomic E-state index is -0.393. The minimum Gasteiger partial charge on any atom is -0.464 e. The third-order valence-corrected chi connectivity index (χ3v) is 0.761. The lowest BCUT2D eigenvalue weighted by atomic mass is 10.7. The van der Waals surface area contributed by atoms with E-state index >= 15 is 0 Å². The standard InChI is InChI=1S/C6H12O4.C2H6O/c1-2-10-6(8)5-9-4-3-7;1-3-2/h7H,2-5H2,1H3;1-2H3. The van der Waals surface area contributed by atoms with Crippen molar-refractivity contribution in [2.75, 3.05) is 40.6 Å². The molecule has 0 fully saturated rings. The van der Waals surface area contributed by atoms with E-state index in [-0.39, 0.29) is 19.8 Å². The van der Waals surface area contributed by atoms with Gasteiger partial charge in [0.1, 0.15) is 6.61 Å². The molecule has 0 aliphatic carbocycles. The van der Waals surface area contributed by atoms with Crippen molar-refractivity contribution < 1.29 is 24.1 Å². The van der Waals surface area contributed by atoms with Crippen LogP contribution in [-0.2, 0) is 19.0 Å². The molecule has 1 N–H and O–H groups in total. The van der Waals surface area contributed by atoms with Crippen molar-refractivity contribution >= 4 is 5.97 Å². The Kier molecular flexibility index (Phi) is 15.9. The van der Waals surface area contributed by atoms with Gasteiger partial charge in [-0.3, -0.25) is 0 Å². The van der Waals surface area contributed by atoms with Crippen LogP contribution in [0.4, 0.5) is 0 Å². The zero-order valence-corrected chi connectivity index (χ0v) is 8.41. The molecule has 80 valence electrons. The van der Waals surface area contributed by atoms with Gasteiger partial charge in [0.25, 0.3) is 0 Å². The molecule has 0 aliphatic heterocycles. The van der Waals surface area contributed by atoms with Crippen molar-refractivity contribution in [3.8, 4) is 0 Å². The second-order valence-electron chi connectivity index (χ2n) is 1.99. The van der Waals surface area contributed by atoms with Crippen LogP contribution in [0.3, 0.4) is 0 Å². The second-order valence-corrected chi connectivity index (χ2v) is 1.99. The summed E-state index contributed by atoms with van der Waals surface area (Å²) in [4.78, 5) is 10.5. The number of carbonyl (C=O) groups excluding carboxylic acids is 1. The summed E-state index contributed by atoms with van der Waals surface area (Å²) >= 11 is 0. The van der Waals surface area contributed by atoms with E-state index in [1.807, 2.05) is 0 Å². The van der Waals surface area contributed by atoms with Gasteiger partial charge in [0.05, 0.1) is 19.8 Å². The molecule has 0 bridgehead atoms. The fourth-order valence-corrected chi connectivity index (χ4v) is 0.423. The molecular weight excluding hydrogens is 176 g/mol. The molecule has 0 saturated heterocycles. The SMILES string of the molecule is CCOC(=O)COCCO.COC. The van der Waals surface area contributed by atoms with Gasteiger partial charge in [-0.25, -0.2) is 4.79 Å². The summed E-state index contributed by atoms with van der Waals surface area (Å²) < 4.78 is 13.5. The minimum absolute atomic E-state index is 0.0700. The molecule has 0 aromatic rings. The molecule has 0 spiro atoms. The van der Waals surface area contributed by atoms with Crippen LogP contribution in [0.1, 0.15) is 6.92 Å². The highest BCUT2D eigenvalue weighted by atomic mass is 16.6. The largest absolute Gasteiger partial charge is 0.464 e. The predicted molar refractivity (Wildman–Crippen MR) is 47.5 cm³/mol. The van der Waals surface area contributed by atoms with Crippen LogP contribution in [-0.4, -0.2) is 51.7 Å². The highest BCUT2D eigenvalue weighted by molar-refractivity contribution is 5.70. The maximum Gasteiger partial charge on any atom is 0.332 e. The Morgan fingerprint density at radius 3 is 2.31 bits per heavy atom. The summed E-state index contributed by atoms with van der Waals surface area (Å²) in [5.74, 6) is -0.393. The van der Waals surface area contributed by atoms with E-state index in [1.54, 1.807) is 21.1 Å².